The van der Waals surface area contributed by atoms with Crippen molar-refractivity contribution in [1.29, 1.82) is 0 Å². The van der Waals surface area contributed by atoms with Gasteiger partial charge in [0.1, 0.15) is 6.33 Å². The minimum absolute atomic E-state index is 0.0180. The summed E-state index contributed by atoms with van der Waals surface area (Å²) in [5, 5.41) is 16.3. The highest BCUT2D eigenvalue weighted by Crippen LogP contribution is 2.23. The largest absolute Gasteiger partial charge is 0.396 e. The molecule has 27 heavy (non-hydrogen) atoms. The van der Waals surface area contributed by atoms with Crippen molar-refractivity contribution < 1.29 is 9.90 Å². The number of rotatable bonds is 7. The average molecular weight is 362 g/mol. The van der Waals surface area contributed by atoms with Crippen LogP contribution >= 0.6 is 0 Å². The summed E-state index contributed by atoms with van der Waals surface area (Å²) in [6, 6.07) is 7.16. The topological polar surface area (TPSA) is 105 Å². The third-order valence-corrected chi connectivity index (χ3v) is 4.28. The van der Waals surface area contributed by atoms with Crippen LogP contribution in [0.3, 0.4) is 0 Å². The van der Waals surface area contributed by atoms with Gasteiger partial charge in [-0.2, -0.15) is 5.10 Å². The first-order valence-corrected chi connectivity index (χ1v) is 8.66. The van der Waals surface area contributed by atoms with E-state index in [-0.39, 0.29) is 12.4 Å². The summed E-state index contributed by atoms with van der Waals surface area (Å²) < 4.78 is 1.73. The number of carbonyl (C=O) groups is 1. The van der Waals surface area contributed by atoms with Crippen molar-refractivity contribution in [2.24, 2.45) is 4.99 Å². The van der Waals surface area contributed by atoms with Crippen LogP contribution in [-0.2, 0) is 0 Å². The van der Waals surface area contributed by atoms with E-state index < -0.39 is 0 Å². The van der Waals surface area contributed by atoms with Crippen molar-refractivity contribution >= 4 is 34.7 Å². The fourth-order valence-corrected chi connectivity index (χ4v) is 2.89. The Labute approximate surface area is 155 Å². The summed E-state index contributed by atoms with van der Waals surface area (Å²) in [6.45, 7) is 0.680. The Bertz CT molecular complexity index is 1040. The van der Waals surface area contributed by atoms with Crippen molar-refractivity contribution in [3.8, 4) is 0 Å². The second-order valence-electron chi connectivity index (χ2n) is 6.09. The van der Waals surface area contributed by atoms with Crippen LogP contribution in [0.2, 0.25) is 0 Å². The smallest absolute Gasteiger partial charge is 0.199 e. The number of allylic oxidation sites excluding steroid dienone is 1. The predicted octanol–water partition coefficient (Wildman–Crippen LogP) is 2.29. The summed E-state index contributed by atoms with van der Waals surface area (Å²) in [4.78, 5) is 25.0. The average Bonchev–Trinajstić information content (AvgIpc) is 3.39. The lowest BCUT2D eigenvalue weighted by Crippen LogP contribution is -2.05. The van der Waals surface area contributed by atoms with Gasteiger partial charge in [-0.05, 0) is 30.7 Å². The van der Waals surface area contributed by atoms with Gasteiger partial charge in [-0.1, -0.05) is 6.08 Å². The van der Waals surface area contributed by atoms with Gasteiger partial charge in [-0.25, -0.2) is 14.5 Å². The number of nitrogens with one attached hydrogen (secondary N) is 1. The number of nitrogens with zero attached hydrogens (tertiary/aromatic N) is 5. The van der Waals surface area contributed by atoms with Crippen LogP contribution in [0.4, 0.5) is 11.5 Å². The maximum Gasteiger partial charge on any atom is 0.199 e. The van der Waals surface area contributed by atoms with Crippen LogP contribution in [0.5, 0.6) is 0 Å². The Morgan fingerprint density at radius 1 is 1.22 bits per heavy atom. The lowest BCUT2D eigenvalue weighted by molar-refractivity contribution is 0.0971. The fraction of sp³-hybridized carbons (Fsp3) is 0.211. The SMILES string of the molecule is O=C(CCCO)c1ccc(Nc2ncc(C3=CCN=C3)n3ncnc23)cc1. The number of carbonyl (C=O) groups excluding carboxylic acids is 1. The van der Waals surface area contributed by atoms with Crippen LogP contribution in [0.15, 0.2) is 47.9 Å². The summed E-state index contributed by atoms with van der Waals surface area (Å²) in [7, 11) is 0. The predicted molar refractivity (Wildman–Crippen MR) is 102 cm³/mol. The highest BCUT2D eigenvalue weighted by atomic mass is 16.3. The Kier molecular flexibility index (Phi) is 4.71. The number of benzene rings is 1. The maximum absolute atomic E-state index is 12.0. The van der Waals surface area contributed by atoms with E-state index in [1.807, 2.05) is 18.2 Å². The molecule has 2 aromatic heterocycles. The lowest BCUT2D eigenvalue weighted by Gasteiger charge is -2.09. The van der Waals surface area contributed by atoms with Crippen LogP contribution in [0.1, 0.15) is 28.9 Å². The summed E-state index contributed by atoms with van der Waals surface area (Å²) in [6.07, 6.45) is 7.85. The molecule has 1 aliphatic heterocycles. The molecule has 1 aromatic carbocycles. The first kappa shape index (κ1) is 17.0. The summed E-state index contributed by atoms with van der Waals surface area (Å²) in [5.41, 5.74) is 3.82. The van der Waals surface area contributed by atoms with Crippen molar-refractivity contribution in [2.45, 2.75) is 12.8 Å². The van der Waals surface area contributed by atoms with Gasteiger partial charge < -0.3 is 10.4 Å². The first-order valence-electron chi connectivity index (χ1n) is 8.66. The zero-order valence-electron chi connectivity index (χ0n) is 14.5. The van der Waals surface area contributed by atoms with Gasteiger partial charge in [0.2, 0.25) is 0 Å². The minimum Gasteiger partial charge on any atom is -0.396 e. The minimum atomic E-state index is 0.0180. The number of aliphatic hydroxyl groups excluding tert-OH is 1. The molecule has 0 saturated carbocycles. The molecule has 136 valence electrons. The summed E-state index contributed by atoms with van der Waals surface area (Å²) >= 11 is 0. The van der Waals surface area contributed by atoms with E-state index in [1.165, 1.54) is 6.33 Å². The molecule has 8 heteroatoms. The molecule has 0 unspecified atom stereocenters. The molecule has 3 heterocycles. The van der Waals surface area contributed by atoms with Crippen molar-refractivity contribution in [3.63, 3.8) is 0 Å². The highest BCUT2D eigenvalue weighted by Gasteiger charge is 2.14. The second kappa shape index (κ2) is 7.46. The number of anilines is 2. The molecule has 0 fully saturated rings. The van der Waals surface area contributed by atoms with Crippen LogP contribution in [0, 0.1) is 0 Å². The number of ketones is 1. The maximum atomic E-state index is 12.0. The summed E-state index contributed by atoms with van der Waals surface area (Å²) in [5.74, 6) is 0.593. The Morgan fingerprint density at radius 2 is 2.07 bits per heavy atom. The Morgan fingerprint density at radius 3 is 2.81 bits per heavy atom. The molecule has 0 bridgehead atoms. The van der Waals surface area contributed by atoms with Gasteiger partial charge >= 0.3 is 0 Å². The van der Waals surface area contributed by atoms with E-state index in [1.54, 1.807) is 29.1 Å². The number of hydrogen-bond donors (Lipinski definition) is 2. The molecular weight excluding hydrogens is 344 g/mol. The van der Waals surface area contributed by atoms with Gasteiger partial charge in [-0.3, -0.25) is 9.79 Å². The number of aromatic nitrogens is 4. The monoisotopic (exact) mass is 362 g/mol. The highest BCUT2D eigenvalue weighted by molar-refractivity contribution is 6.11. The molecule has 3 aromatic rings. The number of fused-ring (bicyclic) bond motifs is 1. The van der Waals surface area contributed by atoms with E-state index >= 15 is 0 Å². The number of hydrogen-bond acceptors (Lipinski definition) is 7. The van der Waals surface area contributed by atoms with Gasteiger partial charge in [0.15, 0.2) is 17.2 Å². The van der Waals surface area contributed by atoms with Gasteiger partial charge in [-0.15, -0.1) is 0 Å². The molecule has 8 nitrogen and oxygen atoms in total. The molecule has 0 atom stereocenters. The first-order chi connectivity index (χ1) is 13.3. The Balaban J connectivity index is 1.57. The van der Waals surface area contributed by atoms with Crippen LogP contribution in [-0.4, -0.2) is 49.8 Å². The van der Waals surface area contributed by atoms with Crippen molar-refractivity contribution in [3.05, 3.63) is 54.1 Å². The lowest BCUT2D eigenvalue weighted by atomic mass is 10.1. The second-order valence-corrected chi connectivity index (χ2v) is 6.09. The number of aliphatic imine (C=N–C) groups is 1. The van der Waals surface area contributed by atoms with Crippen LogP contribution in [0.25, 0.3) is 11.2 Å². The fourth-order valence-electron chi connectivity index (χ4n) is 2.89. The van der Waals surface area contributed by atoms with E-state index in [4.69, 9.17) is 5.11 Å². The van der Waals surface area contributed by atoms with Gasteiger partial charge in [0, 0.05) is 36.1 Å². The standard InChI is InChI=1S/C19H18N6O2/c26-9-1-2-17(27)13-3-5-15(6-4-13)24-18-19-22-12-23-25(19)16(11-21-18)14-7-8-20-10-14/h3-7,10-12,26H,1-2,8-9H2,(H,21,24). The Hall–Kier alpha value is -3.39. The van der Waals surface area contributed by atoms with E-state index in [0.29, 0.717) is 36.4 Å². The molecule has 0 aliphatic carbocycles. The molecule has 1 aliphatic rings. The molecule has 0 spiro atoms. The molecule has 0 radical (unpaired) electrons. The molecule has 0 amide bonds. The quantitative estimate of drug-likeness (QED) is 0.625. The zero-order chi connectivity index (χ0) is 18.6. The molecular formula is C19H18N6O2. The normalized spacial score (nSPS) is 13.1. The van der Waals surface area contributed by atoms with Gasteiger partial charge in [0.05, 0.1) is 18.4 Å². The third-order valence-electron chi connectivity index (χ3n) is 4.28. The van der Waals surface area contributed by atoms with Crippen molar-refractivity contribution in [1.82, 2.24) is 19.6 Å². The zero-order valence-corrected chi connectivity index (χ0v) is 14.5. The number of Topliss-reactive ketones (excluding diaryl/α,β-unsaturated/α-hetero) is 1. The molecule has 4 rings (SSSR count). The molecule has 0 saturated heterocycles. The van der Waals surface area contributed by atoms with E-state index in [2.05, 4.69) is 25.4 Å². The van der Waals surface area contributed by atoms with Gasteiger partial charge in [0.25, 0.3) is 0 Å². The number of aliphatic hydroxyl groups is 1. The molecule has 2 N–H and O–H groups in total. The van der Waals surface area contributed by atoms with E-state index in [0.717, 1.165) is 17.0 Å². The third kappa shape index (κ3) is 3.47. The van der Waals surface area contributed by atoms with Crippen LogP contribution < -0.4 is 5.32 Å². The van der Waals surface area contributed by atoms with Crippen molar-refractivity contribution in [2.75, 3.05) is 18.5 Å². The van der Waals surface area contributed by atoms with E-state index in [9.17, 15) is 4.79 Å².